The molecule has 1 aliphatic heterocycles. The Hall–Kier alpha value is -3.00. The van der Waals surface area contributed by atoms with Crippen LogP contribution < -0.4 is 5.32 Å². The number of carbonyl (C=O) groups excluding carboxylic acids is 4. The van der Waals surface area contributed by atoms with E-state index in [4.69, 9.17) is 4.74 Å². The summed E-state index contributed by atoms with van der Waals surface area (Å²) in [7, 11) is 0. The van der Waals surface area contributed by atoms with Gasteiger partial charge in [-0.1, -0.05) is 51.1 Å². The lowest BCUT2D eigenvalue weighted by Crippen LogP contribution is -2.59. The Morgan fingerprint density at radius 3 is 2.56 bits per heavy atom. The van der Waals surface area contributed by atoms with Crippen LogP contribution in [-0.4, -0.2) is 41.7 Å². The molecule has 1 N–H and O–H groups in total. The van der Waals surface area contributed by atoms with E-state index in [0.29, 0.717) is 29.0 Å². The molecule has 1 aromatic carbocycles. The van der Waals surface area contributed by atoms with Gasteiger partial charge in [0.2, 0.25) is 17.7 Å². The molecule has 1 aromatic heterocycles. The summed E-state index contributed by atoms with van der Waals surface area (Å²) < 4.78 is 5.23. The van der Waals surface area contributed by atoms with Crippen LogP contribution in [0.15, 0.2) is 35.7 Å². The number of hydrogen-bond donors (Lipinski definition) is 1. The molecule has 0 radical (unpaired) electrons. The molecule has 4 rings (SSSR count). The fourth-order valence-corrected chi connectivity index (χ4v) is 6.18. The molecule has 7 nitrogen and oxygen atoms in total. The Labute approximate surface area is 203 Å². The lowest BCUT2D eigenvalue weighted by atomic mass is 9.62. The van der Waals surface area contributed by atoms with Crippen LogP contribution in [0.5, 0.6) is 0 Å². The van der Waals surface area contributed by atoms with Crippen molar-refractivity contribution in [2.75, 3.05) is 18.5 Å². The molecule has 0 spiro atoms. The summed E-state index contributed by atoms with van der Waals surface area (Å²) in [6.07, 6.45) is 1.33. The highest BCUT2D eigenvalue weighted by molar-refractivity contribution is 7.15. The summed E-state index contributed by atoms with van der Waals surface area (Å²) >= 11 is 1.25. The minimum absolute atomic E-state index is 0.0251. The first kappa shape index (κ1) is 24.1. The lowest BCUT2D eigenvalue weighted by Gasteiger charge is -2.47. The van der Waals surface area contributed by atoms with Crippen LogP contribution in [0.1, 0.15) is 57.3 Å². The number of benzene rings is 1. The van der Waals surface area contributed by atoms with Gasteiger partial charge in [0.15, 0.2) is 0 Å². The SMILES string of the molecule is CCOC(=O)c1c(-c2ccccc2)csc1NC(=O)CCN1C(=O)C2CCC(C)(C1=O)C2(C)C. The zero-order valence-electron chi connectivity index (χ0n) is 20.0. The Morgan fingerprint density at radius 1 is 1.18 bits per heavy atom. The van der Waals surface area contributed by atoms with Gasteiger partial charge in [0.1, 0.15) is 10.6 Å². The Bertz CT molecular complexity index is 1140. The third kappa shape index (κ3) is 3.83. The molecule has 1 aliphatic carbocycles. The number of fused-ring (bicyclic) bond motifs is 2. The van der Waals surface area contributed by atoms with Crippen molar-refractivity contribution in [2.45, 2.75) is 47.0 Å². The predicted molar refractivity (Wildman–Crippen MR) is 130 cm³/mol. The zero-order chi connectivity index (χ0) is 24.7. The van der Waals surface area contributed by atoms with Gasteiger partial charge in [-0.05, 0) is 30.7 Å². The minimum Gasteiger partial charge on any atom is -0.462 e. The maximum absolute atomic E-state index is 13.2. The predicted octanol–water partition coefficient (Wildman–Crippen LogP) is 4.73. The number of esters is 1. The number of thiophene rings is 1. The largest absolute Gasteiger partial charge is 0.462 e. The van der Waals surface area contributed by atoms with E-state index < -0.39 is 11.4 Å². The summed E-state index contributed by atoms with van der Waals surface area (Å²) in [6, 6.07) is 9.42. The molecule has 1 saturated heterocycles. The number of piperidine rings is 1. The van der Waals surface area contributed by atoms with Gasteiger partial charge in [-0.25, -0.2) is 4.79 Å². The summed E-state index contributed by atoms with van der Waals surface area (Å²) in [5.74, 6) is -1.47. The molecule has 8 heteroatoms. The topological polar surface area (TPSA) is 92.8 Å². The molecule has 2 aromatic rings. The Morgan fingerprint density at radius 2 is 1.88 bits per heavy atom. The van der Waals surface area contributed by atoms with Crippen LogP contribution in [0.4, 0.5) is 5.00 Å². The quantitative estimate of drug-likeness (QED) is 0.455. The highest BCUT2D eigenvalue weighted by Gasteiger charge is 2.64. The monoisotopic (exact) mass is 482 g/mol. The van der Waals surface area contributed by atoms with Crippen molar-refractivity contribution in [3.63, 3.8) is 0 Å². The number of imide groups is 1. The van der Waals surface area contributed by atoms with Crippen molar-refractivity contribution < 1.29 is 23.9 Å². The molecular weight excluding hydrogens is 452 g/mol. The first-order valence-electron chi connectivity index (χ1n) is 11.6. The third-order valence-electron chi connectivity index (χ3n) is 7.68. The minimum atomic E-state index is -0.600. The second-order valence-corrected chi connectivity index (χ2v) is 10.6. The van der Waals surface area contributed by atoms with Gasteiger partial charge >= 0.3 is 5.97 Å². The molecule has 1 saturated carbocycles. The Balaban J connectivity index is 1.50. The fraction of sp³-hybridized carbons (Fsp3) is 0.462. The molecule has 2 atom stereocenters. The van der Waals surface area contributed by atoms with E-state index in [1.165, 1.54) is 16.2 Å². The highest BCUT2D eigenvalue weighted by Crippen LogP contribution is 2.60. The standard InChI is InChI=1S/C26H30N2O5S/c1-5-33-23(31)20-17(16-9-7-6-8-10-16)15-34-21(20)27-19(29)12-14-28-22(30)18-11-13-26(4,24(28)32)25(18,2)3/h6-10,15,18H,5,11-14H2,1-4H3,(H,27,29). The molecule has 2 heterocycles. The number of nitrogens with one attached hydrogen (secondary N) is 1. The number of rotatable bonds is 7. The van der Waals surface area contributed by atoms with Crippen molar-refractivity contribution in [3.05, 3.63) is 41.3 Å². The van der Waals surface area contributed by atoms with Crippen molar-refractivity contribution in [1.29, 1.82) is 0 Å². The average Bonchev–Trinajstić information content (AvgIpc) is 3.29. The summed E-state index contributed by atoms with van der Waals surface area (Å²) in [6.45, 7) is 7.87. The van der Waals surface area contributed by atoms with Crippen LogP contribution in [-0.2, 0) is 19.1 Å². The van der Waals surface area contributed by atoms with Crippen LogP contribution in [0.25, 0.3) is 11.1 Å². The number of hydrogen-bond acceptors (Lipinski definition) is 6. The molecule has 2 unspecified atom stereocenters. The summed E-state index contributed by atoms with van der Waals surface area (Å²) in [5.41, 5.74) is 0.853. The van der Waals surface area contributed by atoms with E-state index >= 15 is 0 Å². The third-order valence-corrected chi connectivity index (χ3v) is 8.57. The van der Waals surface area contributed by atoms with Gasteiger partial charge in [-0.2, -0.15) is 0 Å². The number of nitrogens with zero attached hydrogens (tertiary/aromatic N) is 1. The first-order valence-corrected chi connectivity index (χ1v) is 12.5. The number of carbonyl (C=O) groups is 4. The number of amides is 3. The van der Waals surface area contributed by atoms with Gasteiger partial charge < -0.3 is 10.1 Å². The lowest BCUT2D eigenvalue weighted by molar-refractivity contribution is -0.167. The number of anilines is 1. The average molecular weight is 483 g/mol. The van der Waals surface area contributed by atoms with Crippen molar-refractivity contribution >= 4 is 40.0 Å². The van der Waals surface area contributed by atoms with Gasteiger partial charge in [-0.3, -0.25) is 19.3 Å². The fourth-order valence-electron chi connectivity index (χ4n) is 5.20. The van der Waals surface area contributed by atoms with Crippen LogP contribution in [0, 0.1) is 16.7 Å². The zero-order valence-corrected chi connectivity index (χ0v) is 20.8. The maximum atomic E-state index is 13.2. The second kappa shape index (κ2) is 8.98. The molecule has 3 amide bonds. The Kier molecular flexibility index (Phi) is 6.38. The molecule has 2 bridgehead atoms. The first-order chi connectivity index (χ1) is 16.1. The second-order valence-electron chi connectivity index (χ2n) is 9.68. The number of likely N-dealkylation sites (tertiary alicyclic amines) is 1. The van der Waals surface area contributed by atoms with E-state index in [-0.39, 0.29) is 48.6 Å². The van der Waals surface area contributed by atoms with Crippen molar-refractivity contribution in [3.8, 4) is 11.1 Å². The van der Waals surface area contributed by atoms with E-state index in [1.54, 1.807) is 6.92 Å². The van der Waals surface area contributed by atoms with E-state index in [2.05, 4.69) is 5.32 Å². The van der Waals surface area contributed by atoms with Crippen LogP contribution >= 0.6 is 11.3 Å². The molecule has 34 heavy (non-hydrogen) atoms. The van der Waals surface area contributed by atoms with Crippen molar-refractivity contribution in [1.82, 2.24) is 4.90 Å². The van der Waals surface area contributed by atoms with Gasteiger partial charge in [0.25, 0.3) is 0 Å². The summed E-state index contributed by atoms with van der Waals surface area (Å²) in [4.78, 5) is 53.0. The molecule has 180 valence electrons. The molecule has 2 fully saturated rings. The smallest absolute Gasteiger partial charge is 0.341 e. The van der Waals surface area contributed by atoms with E-state index in [1.807, 2.05) is 56.5 Å². The van der Waals surface area contributed by atoms with Gasteiger partial charge in [-0.15, -0.1) is 11.3 Å². The van der Waals surface area contributed by atoms with Crippen LogP contribution in [0.3, 0.4) is 0 Å². The number of ether oxygens (including phenoxy) is 1. The maximum Gasteiger partial charge on any atom is 0.341 e. The van der Waals surface area contributed by atoms with Gasteiger partial charge in [0, 0.05) is 29.8 Å². The van der Waals surface area contributed by atoms with Crippen LogP contribution in [0.2, 0.25) is 0 Å². The van der Waals surface area contributed by atoms with E-state index in [0.717, 1.165) is 5.56 Å². The van der Waals surface area contributed by atoms with E-state index in [9.17, 15) is 19.2 Å². The summed E-state index contributed by atoms with van der Waals surface area (Å²) in [5, 5.41) is 5.01. The molecule has 2 aliphatic rings. The normalized spacial score (nSPS) is 23.2. The van der Waals surface area contributed by atoms with Crippen molar-refractivity contribution in [2.24, 2.45) is 16.7 Å². The molecular formula is C26H30N2O5S. The van der Waals surface area contributed by atoms with Gasteiger partial charge in [0.05, 0.1) is 12.0 Å². The highest BCUT2D eigenvalue weighted by atomic mass is 32.1.